The van der Waals surface area contributed by atoms with Crippen molar-refractivity contribution in [2.75, 3.05) is 12.3 Å². The van der Waals surface area contributed by atoms with Crippen LogP contribution in [0.25, 0.3) is 0 Å². The molecular formula is C28H48FeP2. The van der Waals surface area contributed by atoms with Crippen molar-refractivity contribution < 1.29 is 17.1 Å². The van der Waals surface area contributed by atoms with Gasteiger partial charge in [0.25, 0.3) is 0 Å². The minimum absolute atomic E-state index is 0. The molecule has 0 atom stereocenters. The van der Waals surface area contributed by atoms with Crippen molar-refractivity contribution in [1.29, 1.82) is 0 Å². The molecule has 0 bridgehead atoms. The maximum absolute atomic E-state index is 2.51. The first-order chi connectivity index (χ1) is 13.4. The van der Waals surface area contributed by atoms with E-state index >= 15 is 0 Å². The summed E-state index contributed by atoms with van der Waals surface area (Å²) in [6, 6.07) is 0. The van der Waals surface area contributed by atoms with Gasteiger partial charge in [-0.1, -0.05) is 98.9 Å². The Morgan fingerprint density at radius 3 is 0.903 bits per heavy atom. The Bertz CT molecular complexity index is 407. The minimum atomic E-state index is -0.0659. The molecule has 0 nitrogen and oxygen atoms in total. The van der Waals surface area contributed by atoms with Gasteiger partial charge >= 0.3 is 0 Å². The van der Waals surface area contributed by atoms with Gasteiger partial charge in [0, 0.05) is 17.1 Å². The maximum atomic E-state index is 2.51. The Hall–Kier alpha value is 1.38. The first-order valence-corrected chi connectivity index (χ1v) is 14.4. The zero-order chi connectivity index (χ0) is 23.4. The summed E-state index contributed by atoms with van der Waals surface area (Å²) in [5.74, 6) is 3.12. The van der Waals surface area contributed by atoms with E-state index in [0.29, 0.717) is 20.6 Å². The summed E-state index contributed by atoms with van der Waals surface area (Å²) in [4.78, 5) is 0. The molecule has 0 spiro atoms. The normalized spacial score (nSPS) is 19.5. The fourth-order valence-electron chi connectivity index (χ4n) is 4.39. The van der Waals surface area contributed by atoms with E-state index in [-0.39, 0.29) is 32.9 Å². The molecule has 0 amide bonds. The van der Waals surface area contributed by atoms with Crippen LogP contribution in [-0.4, -0.2) is 32.9 Å². The molecule has 2 aliphatic carbocycles. The predicted octanol–water partition coefficient (Wildman–Crippen LogP) is 8.94. The molecule has 0 N–H and O–H groups in total. The standard InChI is InChI=1S/C23H43P2.C5H5.Fe/c1-20(2,3)24(21(4,5)6)16-18-13-14-19(15-18)17-25(22(7,8)9)23(10,11)12;1-2-4-5-3-1;/h13-15H,16-17H2,1-12H3;1-5H;. The predicted molar refractivity (Wildman–Crippen MR) is 143 cm³/mol. The van der Waals surface area contributed by atoms with E-state index in [9.17, 15) is 0 Å². The minimum Gasteiger partial charge on any atom is -0.0950 e. The van der Waals surface area contributed by atoms with E-state index in [2.05, 4.69) is 102 Å². The van der Waals surface area contributed by atoms with Crippen LogP contribution in [0.3, 0.4) is 0 Å². The first kappa shape index (κ1) is 32.4. The van der Waals surface area contributed by atoms with Crippen LogP contribution in [0.4, 0.5) is 0 Å². The molecule has 178 valence electrons. The topological polar surface area (TPSA) is 0 Å². The van der Waals surface area contributed by atoms with E-state index in [1.165, 1.54) is 12.3 Å². The average molecular weight is 502 g/mol. The molecular weight excluding hydrogens is 454 g/mol. The Balaban J connectivity index is 0.00000131. The smallest absolute Gasteiger partial charge is 0 e. The summed E-state index contributed by atoms with van der Waals surface area (Å²) in [5.41, 5.74) is 0. The van der Waals surface area contributed by atoms with E-state index in [1.807, 2.05) is 32.1 Å². The Labute approximate surface area is 211 Å². The molecule has 0 heterocycles. The molecule has 0 aromatic carbocycles. The third kappa shape index (κ3) is 12.1. The second-order valence-corrected chi connectivity index (χ2v) is 20.2. The quantitative estimate of drug-likeness (QED) is 0.266. The summed E-state index contributed by atoms with van der Waals surface area (Å²) in [7, 11) is -0.132. The summed E-state index contributed by atoms with van der Waals surface area (Å²) in [6.45, 7) is 29.1. The van der Waals surface area contributed by atoms with E-state index < -0.39 is 0 Å². The van der Waals surface area contributed by atoms with Gasteiger partial charge in [-0.3, -0.25) is 0 Å². The zero-order valence-electron chi connectivity index (χ0n) is 22.3. The monoisotopic (exact) mass is 502 g/mol. The SMILES string of the molecule is CC(C)(C)P(C[C]1[CH][CH][C](CP(C(C)(C)C)C(C)(C)C)[CH]1)C(C)(C)C.[CH]1[CH][CH][CH][CH]1.[Fe]. The van der Waals surface area contributed by atoms with Gasteiger partial charge in [0.05, 0.1) is 0 Å². The Morgan fingerprint density at radius 1 is 0.484 bits per heavy atom. The van der Waals surface area contributed by atoms with Gasteiger partial charge in [0.15, 0.2) is 0 Å². The van der Waals surface area contributed by atoms with Crippen molar-refractivity contribution in [3.8, 4) is 0 Å². The molecule has 2 fully saturated rings. The van der Waals surface area contributed by atoms with Crippen LogP contribution in [0, 0.1) is 63.2 Å². The van der Waals surface area contributed by atoms with Crippen LogP contribution in [0.2, 0.25) is 0 Å². The zero-order valence-corrected chi connectivity index (χ0v) is 25.2. The molecule has 2 rings (SSSR count). The summed E-state index contributed by atoms with van der Waals surface area (Å²) < 4.78 is 0. The van der Waals surface area contributed by atoms with Crippen molar-refractivity contribution in [3.63, 3.8) is 0 Å². The van der Waals surface area contributed by atoms with Gasteiger partial charge in [-0.2, -0.15) is 0 Å². The largest absolute Gasteiger partial charge is 0.0950 e. The summed E-state index contributed by atoms with van der Waals surface area (Å²) in [5, 5.41) is 1.59. The number of rotatable bonds is 4. The fourth-order valence-corrected chi connectivity index (χ4v) is 11.4. The Morgan fingerprint density at radius 2 is 0.710 bits per heavy atom. The van der Waals surface area contributed by atoms with Crippen LogP contribution in [-0.2, 0) is 17.1 Å². The maximum Gasteiger partial charge on any atom is 0 e. The van der Waals surface area contributed by atoms with Crippen molar-refractivity contribution in [2.45, 2.75) is 104 Å². The molecule has 31 heavy (non-hydrogen) atoms. The van der Waals surface area contributed by atoms with E-state index in [4.69, 9.17) is 0 Å². The van der Waals surface area contributed by atoms with Gasteiger partial charge in [-0.05, 0) is 96.2 Å². The van der Waals surface area contributed by atoms with Gasteiger partial charge < -0.3 is 0 Å². The second kappa shape index (κ2) is 12.9. The Kier molecular flexibility index (Phi) is 13.5. The third-order valence-corrected chi connectivity index (χ3v) is 13.2. The van der Waals surface area contributed by atoms with Crippen LogP contribution in [0.15, 0.2) is 0 Å². The molecule has 0 aliphatic heterocycles. The van der Waals surface area contributed by atoms with Gasteiger partial charge in [-0.25, -0.2) is 0 Å². The van der Waals surface area contributed by atoms with Crippen molar-refractivity contribution >= 4 is 15.8 Å². The van der Waals surface area contributed by atoms with E-state index in [1.54, 1.807) is 11.8 Å². The molecule has 10 radical (unpaired) electrons. The van der Waals surface area contributed by atoms with Crippen molar-refractivity contribution in [3.05, 3.63) is 63.2 Å². The average Bonchev–Trinajstić information content (AvgIpc) is 3.20. The van der Waals surface area contributed by atoms with Crippen molar-refractivity contribution in [2.24, 2.45) is 0 Å². The molecule has 3 heteroatoms. The molecule has 0 saturated heterocycles. The van der Waals surface area contributed by atoms with Crippen molar-refractivity contribution in [1.82, 2.24) is 0 Å². The third-order valence-electron chi connectivity index (χ3n) is 5.36. The fraction of sp³-hybridized carbons (Fsp3) is 0.643. The first-order valence-electron chi connectivity index (χ1n) is 11.4. The van der Waals surface area contributed by atoms with Crippen LogP contribution >= 0.6 is 15.8 Å². The number of hydrogen-bond acceptors (Lipinski definition) is 0. The van der Waals surface area contributed by atoms with Gasteiger partial charge in [-0.15, -0.1) is 0 Å². The summed E-state index contributed by atoms with van der Waals surface area (Å²) >= 11 is 0. The van der Waals surface area contributed by atoms with Crippen LogP contribution in [0.1, 0.15) is 83.1 Å². The molecule has 2 saturated carbocycles. The molecule has 0 aromatic rings. The van der Waals surface area contributed by atoms with Crippen LogP contribution in [0.5, 0.6) is 0 Å². The van der Waals surface area contributed by atoms with E-state index in [0.717, 1.165) is 0 Å². The second-order valence-electron chi connectivity index (χ2n) is 12.4. The van der Waals surface area contributed by atoms with Gasteiger partial charge in [0.1, 0.15) is 0 Å². The summed E-state index contributed by atoms with van der Waals surface area (Å²) in [6.07, 6.45) is 19.8. The molecule has 0 aromatic heterocycles. The molecule has 2 aliphatic rings. The number of hydrogen-bond donors (Lipinski definition) is 0. The van der Waals surface area contributed by atoms with Crippen LogP contribution < -0.4 is 0 Å². The van der Waals surface area contributed by atoms with Gasteiger partial charge in [0.2, 0.25) is 0 Å². The molecule has 0 unspecified atom stereocenters.